The number of benzene rings is 3. The number of aliphatic hydroxyl groups excluding tert-OH is 1. The Morgan fingerprint density at radius 3 is 2.22 bits per heavy atom. The summed E-state index contributed by atoms with van der Waals surface area (Å²) in [6.07, 6.45) is 11.8. The zero-order valence-electron chi connectivity index (χ0n) is 33.7. The molecule has 0 amide bonds. The number of aliphatic hydroxyl groups is 1. The number of ketones is 1. The average molecular weight is 928 g/mol. The molecule has 0 saturated carbocycles. The van der Waals surface area contributed by atoms with Gasteiger partial charge >= 0.3 is 0 Å². The predicted molar refractivity (Wildman–Crippen MR) is 229 cm³/mol. The molecule has 3 aromatic carbocycles. The Morgan fingerprint density at radius 2 is 1.55 bits per heavy atom. The van der Waals surface area contributed by atoms with Crippen LogP contribution in [0.5, 0.6) is 0 Å². The van der Waals surface area contributed by atoms with Gasteiger partial charge in [-0.1, -0.05) is 120 Å². The topological polar surface area (TPSA) is 63.1 Å². The van der Waals surface area contributed by atoms with Crippen LogP contribution in [-0.4, -0.2) is 20.9 Å². The van der Waals surface area contributed by atoms with Gasteiger partial charge in [0, 0.05) is 75.9 Å². The summed E-state index contributed by atoms with van der Waals surface area (Å²) in [7, 11) is 0. The first-order valence-electron chi connectivity index (χ1n) is 19.8. The number of nitrogens with zero attached hydrogens (tertiary/aromatic N) is 2. The number of fused-ring (bicyclic) bond motifs is 6. The van der Waals surface area contributed by atoms with Crippen molar-refractivity contribution in [1.29, 1.82) is 0 Å². The molecule has 1 aliphatic rings. The Balaban J connectivity index is 0.000000276. The van der Waals surface area contributed by atoms with Gasteiger partial charge in [-0.15, -0.1) is 34.9 Å². The number of hydrogen-bond acceptors (Lipinski definition) is 5. The van der Waals surface area contributed by atoms with E-state index in [1.54, 1.807) is 0 Å². The van der Waals surface area contributed by atoms with Crippen LogP contribution in [0.3, 0.4) is 0 Å². The van der Waals surface area contributed by atoms with Gasteiger partial charge in [0.2, 0.25) is 0 Å². The molecule has 289 valence electrons. The monoisotopic (exact) mass is 928 g/mol. The smallest absolute Gasteiger partial charge is 0.164 e. The summed E-state index contributed by atoms with van der Waals surface area (Å²) in [5, 5.41) is 13.8. The molecular formula is C49H55IrN2O2S-. The van der Waals surface area contributed by atoms with Crippen molar-refractivity contribution in [3.8, 4) is 32.8 Å². The molecule has 1 radical (unpaired) electrons. The first kappa shape index (κ1) is 42.2. The summed E-state index contributed by atoms with van der Waals surface area (Å²) < 4.78 is 1.29. The maximum Gasteiger partial charge on any atom is 0.164 e. The maximum atomic E-state index is 12.2. The van der Waals surface area contributed by atoms with E-state index < -0.39 is 0 Å². The van der Waals surface area contributed by atoms with Crippen LogP contribution in [0.15, 0.2) is 97.0 Å². The van der Waals surface area contributed by atoms with Crippen molar-refractivity contribution in [2.75, 3.05) is 0 Å². The SMILES string of the molecule is CC(C)Cc1cnc2c(c1)-c1sc3ccnc(-c4[c-]c5ccccc5c(-c5ccccc5)c4)c3c1CC2.CCC(C)(CC)C(=O)/C=C(\O)C(C)(CC)CC.[Ir]. The maximum absolute atomic E-state index is 12.2. The molecule has 0 spiro atoms. The van der Waals surface area contributed by atoms with Crippen LogP contribution in [-0.2, 0) is 44.2 Å². The van der Waals surface area contributed by atoms with Gasteiger partial charge in [-0.2, -0.15) is 0 Å². The first-order valence-corrected chi connectivity index (χ1v) is 20.6. The number of carbonyl (C=O) groups excluding carboxylic acids is 1. The van der Waals surface area contributed by atoms with Crippen molar-refractivity contribution < 1.29 is 30.0 Å². The van der Waals surface area contributed by atoms with Crippen molar-refractivity contribution in [2.24, 2.45) is 16.7 Å². The first-order chi connectivity index (χ1) is 25.9. The fraction of sp³-hybridized carbons (Fsp3) is 0.367. The standard InChI is InChI=1S/C34H27N2S.C15H28O2.Ir/c1-21(2)16-22-17-29-30(36-20-22)13-12-27-32-31(37-34(27)29)14-15-35-33(32)25-18-24-10-6-7-11-26(24)28(19-25)23-8-4-3-5-9-23;1-7-14(5,8-2)12(16)11-13(17)15(6,9-3)10-4;/h3-11,14-15,17,19-21H,12-13,16H2,1-2H3;11,16H,7-10H2,1-6H3;/q-1;;/b;12-11-;. The van der Waals surface area contributed by atoms with Crippen molar-refractivity contribution in [3.63, 3.8) is 0 Å². The quantitative estimate of drug-likeness (QED) is 0.0799. The minimum atomic E-state index is -0.337. The number of hydrogen-bond donors (Lipinski definition) is 1. The zero-order valence-corrected chi connectivity index (χ0v) is 36.9. The van der Waals surface area contributed by atoms with E-state index in [1.807, 2.05) is 59.1 Å². The Kier molecular flexibility index (Phi) is 13.7. The van der Waals surface area contributed by atoms with Crippen molar-refractivity contribution >= 4 is 38.0 Å². The summed E-state index contributed by atoms with van der Waals surface area (Å²) in [5.41, 5.74) is 9.22. The molecule has 0 unspecified atom stereocenters. The second-order valence-corrected chi connectivity index (χ2v) is 16.9. The van der Waals surface area contributed by atoms with Crippen molar-refractivity contribution in [3.05, 3.63) is 120 Å². The Hall–Kier alpha value is -3.96. The fourth-order valence-corrected chi connectivity index (χ4v) is 8.71. The predicted octanol–water partition coefficient (Wildman–Crippen LogP) is 13.6. The van der Waals surface area contributed by atoms with Crippen LogP contribution >= 0.6 is 11.3 Å². The molecule has 4 nitrogen and oxygen atoms in total. The van der Waals surface area contributed by atoms with E-state index in [9.17, 15) is 9.90 Å². The molecular weight excluding hydrogens is 873 g/mol. The third-order valence-electron chi connectivity index (χ3n) is 11.9. The molecule has 0 bridgehead atoms. The fourth-order valence-electron chi connectivity index (χ4n) is 7.42. The number of pyridine rings is 2. The summed E-state index contributed by atoms with van der Waals surface area (Å²) >= 11 is 1.89. The molecule has 1 N–H and O–H groups in total. The van der Waals surface area contributed by atoms with Gasteiger partial charge in [0.05, 0.1) is 0 Å². The zero-order chi connectivity index (χ0) is 38.6. The molecule has 0 fully saturated rings. The van der Waals surface area contributed by atoms with Crippen LogP contribution in [0.1, 0.15) is 97.9 Å². The molecule has 3 aromatic heterocycles. The number of allylic oxidation sites excluding steroid dienone is 2. The van der Waals surface area contributed by atoms with E-state index in [1.165, 1.54) is 59.9 Å². The molecule has 7 rings (SSSR count). The number of aromatic nitrogens is 2. The summed E-state index contributed by atoms with van der Waals surface area (Å²) in [6, 6.07) is 29.8. The van der Waals surface area contributed by atoms with Crippen LogP contribution in [0, 0.1) is 22.8 Å². The number of rotatable bonds is 11. The van der Waals surface area contributed by atoms with E-state index >= 15 is 0 Å². The van der Waals surface area contributed by atoms with Gasteiger partial charge in [-0.3, -0.25) is 14.8 Å². The minimum absolute atomic E-state index is 0. The summed E-state index contributed by atoms with van der Waals surface area (Å²) in [5.74, 6) is 0.900. The molecule has 0 saturated heterocycles. The van der Waals surface area contributed by atoms with Crippen LogP contribution in [0.2, 0.25) is 0 Å². The summed E-state index contributed by atoms with van der Waals surface area (Å²) in [6.45, 7) is 16.6. The number of thiophene rings is 1. The van der Waals surface area contributed by atoms with Crippen molar-refractivity contribution in [1.82, 2.24) is 9.97 Å². The number of carbonyl (C=O) groups is 1. The third-order valence-corrected chi connectivity index (χ3v) is 13.2. The van der Waals surface area contributed by atoms with Gasteiger partial charge in [0.1, 0.15) is 5.76 Å². The van der Waals surface area contributed by atoms with Gasteiger partial charge in [0.25, 0.3) is 0 Å². The van der Waals surface area contributed by atoms with E-state index in [0.29, 0.717) is 5.92 Å². The average Bonchev–Trinajstić information content (AvgIpc) is 3.59. The molecule has 6 heteroatoms. The number of aryl methyl sites for hydroxylation is 2. The molecule has 1 aliphatic carbocycles. The van der Waals surface area contributed by atoms with Crippen molar-refractivity contribution in [2.45, 2.75) is 100 Å². The summed E-state index contributed by atoms with van der Waals surface area (Å²) in [4.78, 5) is 23.4. The van der Waals surface area contributed by atoms with Crippen LogP contribution in [0.25, 0.3) is 53.7 Å². The Morgan fingerprint density at radius 1 is 0.873 bits per heavy atom. The van der Waals surface area contributed by atoms with E-state index in [4.69, 9.17) is 9.97 Å². The molecule has 6 aromatic rings. The second-order valence-electron chi connectivity index (χ2n) is 15.8. The molecule has 0 aliphatic heterocycles. The molecule has 55 heavy (non-hydrogen) atoms. The van der Waals surface area contributed by atoms with E-state index in [0.717, 1.165) is 61.6 Å². The van der Waals surface area contributed by atoms with Crippen LogP contribution in [0.4, 0.5) is 0 Å². The Labute approximate surface area is 345 Å². The van der Waals surface area contributed by atoms with Gasteiger partial charge in [-0.25, -0.2) is 0 Å². The van der Waals surface area contributed by atoms with Gasteiger partial charge < -0.3 is 5.11 Å². The van der Waals surface area contributed by atoms with E-state index in [2.05, 4.69) is 98.9 Å². The van der Waals surface area contributed by atoms with Crippen LogP contribution < -0.4 is 0 Å². The largest absolute Gasteiger partial charge is 0.512 e. The van der Waals surface area contributed by atoms with Gasteiger partial charge in [-0.05, 0) is 85.1 Å². The minimum Gasteiger partial charge on any atom is -0.512 e. The molecule has 0 atom stereocenters. The normalized spacial score (nSPS) is 12.9. The van der Waals surface area contributed by atoms with E-state index in [-0.39, 0.29) is 42.5 Å². The molecule has 3 heterocycles. The van der Waals surface area contributed by atoms with Gasteiger partial charge in [0.15, 0.2) is 5.78 Å². The third kappa shape index (κ3) is 8.73. The second kappa shape index (κ2) is 17.9. The Bertz CT molecular complexity index is 2300.